The second-order valence-electron chi connectivity index (χ2n) is 8.86. The highest BCUT2D eigenvalue weighted by Gasteiger charge is 2.27. The summed E-state index contributed by atoms with van der Waals surface area (Å²) in [5.41, 5.74) is 2.29. The van der Waals surface area contributed by atoms with Crippen LogP contribution in [-0.4, -0.2) is 61.6 Å². The van der Waals surface area contributed by atoms with E-state index in [0.29, 0.717) is 24.3 Å². The van der Waals surface area contributed by atoms with Gasteiger partial charge in [0.05, 0.1) is 20.3 Å². The van der Waals surface area contributed by atoms with Crippen molar-refractivity contribution >= 4 is 11.7 Å². The van der Waals surface area contributed by atoms with Gasteiger partial charge in [0.25, 0.3) is 0 Å². The van der Waals surface area contributed by atoms with Crippen LogP contribution >= 0.6 is 0 Å². The number of nitrogens with one attached hydrogen (secondary N) is 1. The number of methoxy groups -OCH3 is 2. The van der Waals surface area contributed by atoms with Crippen molar-refractivity contribution in [2.75, 3.05) is 33.9 Å². The van der Waals surface area contributed by atoms with E-state index in [9.17, 15) is 14.7 Å². The maximum absolute atomic E-state index is 12.7. The first-order valence-electron chi connectivity index (χ1n) is 11.9. The lowest BCUT2D eigenvalue weighted by Crippen LogP contribution is -2.46. The largest absolute Gasteiger partial charge is 0.497 e. The lowest BCUT2D eigenvalue weighted by Gasteiger charge is -2.29. The highest BCUT2D eigenvalue weighted by atomic mass is 16.5. The number of likely N-dealkylation sites (tertiary alicyclic amines) is 1. The Morgan fingerprint density at radius 1 is 1.03 bits per heavy atom. The number of aliphatic hydroxyl groups is 1. The summed E-state index contributed by atoms with van der Waals surface area (Å²) in [6.45, 7) is 4.46. The van der Waals surface area contributed by atoms with Crippen LogP contribution < -0.4 is 14.8 Å². The molecule has 0 radical (unpaired) electrons. The molecule has 1 saturated heterocycles. The van der Waals surface area contributed by atoms with Crippen LogP contribution in [0, 0.1) is 6.92 Å². The lowest BCUT2D eigenvalue weighted by atomic mass is 9.99. The number of hydrogen-bond acceptors (Lipinski definition) is 6. The number of ketones is 1. The first kappa shape index (κ1) is 25.7. The summed E-state index contributed by atoms with van der Waals surface area (Å²) in [4.78, 5) is 27.4. The van der Waals surface area contributed by atoms with E-state index < -0.39 is 12.1 Å². The fourth-order valence-corrected chi connectivity index (χ4v) is 4.40. The number of Topliss-reactive ketones (excluding diaryl/α,β-unsaturated/α-hetero) is 1. The average molecular weight is 469 g/mol. The average Bonchev–Trinajstić information content (AvgIpc) is 3.36. The molecule has 0 bridgehead atoms. The summed E-state index contributed by atoms with van der Waals surface area (Å²) >= 11 is 0. The monoisotopic (exact) mass is 468 g/mol. The van der Waals surface area contributed by atoms with Gasteiger partial charge >= 0.3 is 0 Å². The second-order valence-corrected chi connectivity index (χ2v) is 8.86. The van der Waals surface area contributed by atoms with Gasteiger partial charge in [-0.15, -0.1) is 0 Å². The third-order valence-corrected chi connectivity index (χ3v) is 6.36. The Morgan fingerprint density at radius 2 is 1.74 bits per heavy atom. The van der Waals surface area contributed by atoms with Crippen molar-refractivity contribution in [1.82, 2.24) is 10.2 Å². The Balaban J connectivity index is 1.58. The fraction of sp³-hybridized carbons (Fsp3) is 0.481. The summed E-state index contributed by atoms with van der Waals surface area (Å²) in [7, 11) is 3.20. The number of carbonyl (C=O) groups excluding carboxylic acids is 2. The zero-order valence-electron chi connectivity index (χ0n) is 20.4. The van der Waals surface area contributed by atoms with E-state index in [1.54, 1.807) is 38.5 Å². The smallest absolute Gasteiger partial charge is 0.220 e. The molecule has 34 heavy (non-hydrogen) atoms. The quantitative estimate of drug-likeness (QED) is 0.462. The van der Waals surface area contributed by atoms with Gasteiger partial charge in [-0.25, -0.2) is 0 Å². The van der Waals surface area contributed by atoms with Crippen LogP contribution in [0.4, 0.5) is 0 Å². The maximum atomic E-state index is 12.7. The van der Waals surface area contributed by atoms with E-state index in [2.05, 4.69) is 10.2 Å². The van der Waals surface area contributed by atoms with Gasteiger partial charge in [-0.3, -0.25) is 9.59 Å². The van der Waals surface area contributed by atoms with Crippen LogP contribution in [0.3, 0.4) is 0 Å². The van der Waals surface area contributed by atoms with Crippen molar-refractivity contribution in [3.63, 3.8) is 0 Å². The van der Waals surface area contributed by atoms with Crippen LogP contribution in [0.15, 0.2) is 42.5 Å². The van der Waals surface area contributed by atoms with Crippen LogP contribution in [0.25, 0.3) is 0 Å². The van der Waals surface area contributed by atoms with Crippen LogP contribution in [0.1, 0.15) is 59.7 Å². The second kappa shape index (κ2) is 12.5. The van der Waals surface area contributed by atoms with Crippen molar-refractivity contribution in [2.24, 2.45) is 0 Å². The molecule has 2 atom stereocenters. The summed E-state index contributed by atoms with van der Waals surface area (Å²) in [6, 6.07) is 12.1. The van der Waals surface area contributed by atoms with Gasteiger partial charge in [-0.05, 0) is 86.8 Å². The van der Waals surface area contributed by atoms with E-state index >= 15 is 0 Å². The molecule has 184 valence electrons. The first-order chi connectivity index (χ1) is 16.4. The van der Waals surface area contributed by atoms with Crippen LogP contribution in [-0.2, 0) is 4.79 Å². The zero-order valence-corrected chi connectivity index (χ0v) is 20.4. The Labute approximate surface area is 202 Å². The molecule has 3 rings (SSSR count). The number of carbonyl (C=O) groups is 2. The molecule has 7 nitrogen and oxygen atoms in total. The van der Waals surface area contributed by atoms with E-state index in [4.69, 9.17) is 9.47 Å². The molecule has 1 amide bonds. The van der Waals surface area contributed by atoms with E-state index in [0.717, 1.165) is 42.8 Å². The molecule has 0 aromatic heterocycles. The molecule has 0 aliphatic carbocycles. The van der Waals surface area contributed by atoms with Gasteiger partial charge in [0.15, 0.2) is 5.78 Å². The van der Waals surface area contributed by atoms with E-state index in [-0.39, 0.29) is 24.5 Å². The zero-order chi connectivity index (χ0) is 24.5. The summed E-state index contributed by atoms with van der Waals surface area (Å²) in [5, 5.41) is 14.2. The third kappa shape index (κ3) is 7.05. The van der Waals surface area contributed by atoms with Crippen molar-refractivity contribution in [1.29, 1.82) is 0 Å². The number of hydrogen-bond donors (Lipinski definition) is 2. The molecule has 0 saturated carbocycles. The normalized spacial score (nSPS) is 15.5. The third-order valence-electron chi connectivity index (χ3n) is 6.36. The summed E-state index contributed by atoms with van der Waals surface area (Å²) in [5.74, 6) is 1.30. The van der Waals surface area contributed by atoms with Crippen molar-refractivity contribution in [2.45, 2.75) is 51.2 Å². The molecular weight excluding hydrogens is 432 g/mol. The number of aliphatic hydroxyl groups excluding tert-OH is 1. The van der Waals surface area contributed by atoms with Gasteiger partial charge in [0.1, 0.15) is 17.6 Å². The molecule has 1 aliphatic heterocycles. The predicted octanol–water partition coefficient (Wildman–Crippen LogP) is 3.68. The molecule has 2 aromatic rings. The number of ether oxygens (including phenoxy) is 2. The Bertz CT molecular complexity index is 954. The summed E-state index contributed by atoms with van der Waals surface area (Å²) in [6.07, 6.45) is 2.39. The molecule has 2 unspecified atom stereocenters. The van der Waals surface area contributed by atoms with Crippen molar-refractivity contribution in [3.05, 3.63) is 59.2 Å². The van der Waals surface area contributed by atoms with E-state index in [1.807, 2.05) is 25.1 Å². The molecule has 1 heterocycles. The Kier molecular flexibility index (Phi) is 9.48. The van der Waals surface area contributed by atoms with Crippen LogP contribution in [0.5, 0.6) is 11.5 Å². The molecule has 2 aromatic carbocycles. The highest BCUT2D eigenvalue weighted by Crippen LogP contribution is 2.25. The molecule has 0 spiro atoms. The first-order valence-corrected chi connectivity index (χ1v) is 11.9. The Hall–Kier alpha value is -2.90. The molecular formula is C27H36N2O5. The molecule has 7 heteroatoms. The van der Waals surface area contributed by atoms with Gasteiger partial charge < -0.3 is 24.8 Å². The topological polar surface area (TPSA) is 88.1 Å². The maximum Gasteiger partial charge on any atom is 0.220 e. The molecule has 1 fully saturated rings. The van der Waals surface area contributed by atoms with Gasteiger partial charge in [0.2, 0.25) is 5.91 Å². The number of benzene rings is 2. The minimum absolute atomic E-state index is 0.00203. The minimum Gasteiger partial charge on any atom is -0.497 e. The standard InChI is InChI=1S/C27H36N2O5/c1-19-17-21(11-14-25(19)34-3)27(32)23(18-29-15-4-5-16-29)28-26(31)8-6-7-24(30)20-9-12-22(33-2)13-10-20/h9-14,17,23,27,32H,4-8,15-16,18H2,1-3H3,(H,28,31). The van der Waals surface area contributed by atoms with Crippen molar-refractivity contribution in [3.8, 4) is 11.5 Å². The fourth-order valence-electron chi connectivity index (χ4n) is 4.40. The molecule has 2 N–H and O–H groups in total. The number of amides is 1. The SMILES string of the molecule is COc1ccc(C(=O)CCCC(=O)NC(CN2CCCC2)C(O)c2ccc(OC)c(C)c2)cc1. The number of nitrogens with zero attached hydrogens (tertiary/aromatic N) is 1. The molecule has 1 aliphatic rings. The predicted molar refractivity (Wildman–Crippen MR) is 131 cm³/mol. The Morgan fingerprint density at radius 3 is 2.35 bits per heavy atom. The highest BCUT2D eigenvalue weighted by molar-refractivity contribution is 5.96. The number of aryl methyl sites for hydroxylation is 1. The van der Waals surface area contributed by atoms with E-state index in [1.165, 1.54) is 0 Å². The number of rotatable bonds is 12. The van der Waals surface area contributed by atoms with Gasteiger partial charge in [-0.2, -0.15) is 0 Å². The van der Waals surface area contributed by atoms with Crippen LogP contribution in [0.2, 0.25) is 0 Å². The van der Waals surface area contributed by atoms with Crippen molar-refractivity contribution < 1.29 is 24.2 Å². The minimum atomic E-state index is -0.838. The lowest BCUT2D eigenvalue weighted by molar-refractivity contribution is -0.123. The van der Waals surface area contributed by atoms with Gasteiger partial charge in [0, 0.05) is 24.9 Å². The summed E-state index contributed by atoms with van der Waals surface area (Å²) < 4.78 is 10.4. The van der Waals surface area contributed by atoms with Gasteiger partial charge in [-0.1, -0.05) is 6.07 Å².